The van der Waals surface area contributed by atoms with Gasteiger partial charge in [-0.3, -0.25) is 0 Å². The molecule has 18 heavy (non-hydrogen) atoms. The molecule has 2 rings (SSSR count). The summed E-state index contributed by atoms with van der Waals surface area (Å²) in [7, 11) is 0. The van der Waals surface area contributed by atoms with Crippen LogP contribution in [0.3, 0.4) is 0 Å². The molecule has 0 aliphatic rings. The van der Waals surface area contributed by atoms with Gasteiger partial charge >= 0.3 is 0 Å². The molecule has 0 spiro atoms. The first-order valence-electron chi connectivity index (χ1n) is 5.59. The Morgan fingerprint density at radius 2 is 1.67 bits per heavy atom. The van der Waals surface area contributed by atoms with Gasteiger partial charge in [0.25, 0.3) is 0 Å². The van der Waals surface area contributed by atoms with Gasteiger partial charge in [0.05, 0.1) is 5.69 Å². The van der Waals surface area contributed by atoms with Gasteiger partial charge in [-0.2, -0.15) is 0 Å². The van der Waals surface area contributed by atoms with E-state index in [9.17, 15) is 4.79 Å². The van der Waals surface area contributed by atoms with Crippen LogP contribution in [0.25, 0.3) is 0 Å². The highest BCUT2D eigenvalue weighted by atomic mass is 16.1. The molecule has 0 amide bonds. The Balaban J connectivity index is 2.50. The number of aliphatic imine (C=N–C) groups is 2. The van der Waals surface area contributed by atoms with Crippen LogP contribution in [0.1, 0.15) is 11.1 Å². The number of benzene rings is 2. The molecule has 0 atom stereocenters. The molecule has 88 valence electrons. The van der Waals surface area contributed by atoms with Crippen LogP contribution in [0.5, 0.6) is 0 Å². The average Bonchev–Trinajstić information content (AvgIpc) is 2.42. The summed E-state index contributed by atoms with van der Waals surface area (Å²) in [6.07, 6.45) is 1.55. The smallest absolute Gasteiger partial charge is 0.228 e. The minimum atomic E-state index is 0.375. The molecule has 0 saturated heterocycles. The Morgan fingerprint density at radius 3 is 2.33 bits per heavy atom. The highest BCUT2D eigenvalue weighted by molar-refractivity contribution is 6.03. The van der Waals surface area contributed by atoms with Crippen LogP contribution in [0.15, 0.2) is 64.6 Å². The zero-order valence-electron chi connectivity index (χ0n) is 10.00. The minimum absolute atomic E-state index is 0.375. The normalized spacial score (nSPS) is 10.8. The largest absolute Gasteiger partial charge is 0.242 e. The molecule has 0 bridgehead atoms. The predicted octanol–water partition coefficient (Wildman–Crippen LogP) is 3.41. The van der Waals surface area contributed by atoms with Gasteiger partial charge in [-0.05, 0) is 18.6 Å². The van der Waals surface area contributed by atoms with Crippen molar-refractivity contribution >= 4 is 17.6 Å². The molecule has 0 aliphatic carbocycles. The van der Waals surface area contributed by atoms with E-state index in [-0.39, 0.29) is 0 Å². The van der Waals surface area contributed by atoms with Crippen LogP contribution in [0.2, 0.25) is 0 Å². The third-order valence-corrected chi connectivity index (χ3v) is 2.53. The molecule has 0 saturated carbocycles. The number of nitrogens with zero attached hydrogens (tertiary/aromatic N) is 2. The van der Waals surface area contributed by atoms with Crippen molar-refractivity contribution < 1.29 is 4.79 Å². The molecule has 0 aromatic heterocycles. The van der Waals surface area contributed by atoms with E-state index in [1.807, 2.05) is 61.5 Å². The molecule has 0 radical (unpaired) electrons. The highest BCUT2D eigenvalue weighted by Gasteiger charge is 2.02. The number of para-hydroxylation sites is 1. The highest BCUT2D eigenvalue weighted by Crippen LogP contribution is 2.19. The molecule has 0 N–H and O–H groups in total. The number of hydrogen-bond donors (Lipinski definition) is 0. The average molecular weight is 236 g/mol. The molecule has 2 aromatic rings. The van der Waals surface area contributed by atoms with Crippen LogP contribution in [-0.2, 0) is 4.79 Å². The van der Waals surface area contributed by atoms with Gasteiger partial charge in [0.15, 0.2) is 5.84 Å². The van der Waals surface area contributed by atoms with Crippen molar-refractivity contribution in [2.75, 3.05) is 0 Å². The SMILES string of the molecule is Cc1ccccc1N=C(N=C=O)c1ccccc1. The lowest BCUT2D eigenvalue weighted by molar-refractivity contribution is 0.565. The zero-order chi connectivity index (χ0) is 12.8. The van der Waals surface area contributed by atoms with Crippen molar-refractivity contribution in [3.63, 3.8) is 0 Å². The molecule has 0 fully saturated rings. The fourth-order valence-electron chi connectivity index (χ4n) is 1.59. The van der Waals surface area contributed by atoms with Gasteiger partial charge in [-0.1, -0.05) is 48.5 Å². The van der Waals surface area contributed by atoms with Gasteiger partial charge in [0.1, 0.15) is 0 Å². The first-order valence-corrected chi connectivity index (χ1v) is 5.59. The second-order valence-electron chi connectivity index (χ2n) is 3.79. The summed E-state index contributed by atoms with van der Waals surface area (Å²) in [6.45, 7) is 1.96. The number of carbonyl (C=O) groups excluding carboxylic acids is 1. The Morgan fingerprint density at radius 1 is 1.00 bits per heavy atom. The Bertz CT molecular complexity index is 611. The zero-order valence-corrected chi connectivity index (χ0v) is 10.00. The van der Waals surface area contributed by atoms with Crippen LogP contribution in [0.4, 0.5) is 5.69 Å². The predicted molar refractivity (Wildman–Crippen MR) is 71.9 cm³/mol. The topological polar surface area (TPSA) is 41.8 Å². The first-order chi connectivity index (χ1) is 8.81. The fourth-order valence-corrected chi connectivity index (χ4v) is 1.59. The van der Waals surface area contributed by atoms with E-state index in [2.05, 4.69) is 9.98 Å². The maximum atomic E-state index is 10.5. The summed E-state index contributed by atoms with van der Waals surface area (Å²) < 4.78 is 0. The molecule has 0 aliphatic heterocycles. The van der Waals surface area contributed by atoms with Gasteiger partial charge < -0.3 is 0 Å². The molecule has 2 aromatic carbocycles. The summed E-state index contributed by atoms with van der Waals surface area (Å²) in [5.74, 6) is 0.375. The van der Waals surface area contributed by atoms with E-state index in [4.69, 9.17) is 0 Å². The van der Waals surface area contributed by atoms with Gasteiger partial charge in [-0.15, -0.1) is 4.99 Å². The Hall–Kier alpha value is -2.51. The lowest BCUT2D eigenvalue weighted by atomic mass is 10.2. The Kier molecular flexibility index (Phi) is 3.79. The quantitative estimate of drug-likeness (QED) is 0.447. The van der Waals surface area contributed by atoms with Gasteiger partial charge in [0.2, 0.25) is 6.08 Å². The maximum Gasteiger partial charge on any atom is 0.242 e. The summed E-state index contributed by atoms with van der Waals surface area (Å²) in [5.41, 5.74) is 2.63. The standard InChI is InChI=1S/C15H12N2O/c1-12-7-5-6-10-14(12)17-15(16-11-18)13-8-3-2-4-9-13/h2-10H,1H3. The third kappa shape index (κ3) is 2.78. The summed E-state index contributed by atoms with van der Waals surface area (Å²) in [5, 5.41) is 0. The van der Waals surface area contributed by atoms with Crippen molar-refractivity contribution in [3.8, 4) is 0 Å². The Labute approximate surface area is 106 Å². The van der Waals surface area contributed by atoms with E-state index in [1.165, 1.54) is 0 Å². The minimum Gasteiger partial charge on any atom is -0.228 e. The summed E-state index contributed by atoms with van der Waals surface area (Å²) >= 11 is 0. The maximum absolute atomic E-state index is 10.5. The second kappa shape index (κ2) is 5.71. The molecule has 3 nitrogen and oxygen atoms in total. The van der Waals surface area contributed by atoms with E-state index >= 15 is 0 Å². The molecule has 3 heteroatoms. The van der Waals surface area contributed by atoms with Crippen molar-refractivity contribution in [3.05, 3.63) is 65.7 Å². The van der Waals surface area contributed by atoms with E-state index in [0.717, 1.165) is 16.8 Å². The van der Waals surface area contributed by atoms with Crippen LogP contribution in [-0.4, -0.2) is 11.9 Å². The van der Waals surface area contributed by atoms with Crippen molar-refractivity contribution in [2.45, 2.75) is 6.92 Å². The molecule has 0 heterocycles. The summed E-state index contributed by atoms with van der Waals surface area (Å²) in [4.78, 5) is 18.6. The fraction of sp³-hybridized carbons (Fsp3) is 0.0667. The number of amidine groups is 1. The molecular formula is C15H12N2O. The van der Waals surface area contributed by atoms with Crippen LogP contribution < -0.4 is 0 Å². The van der Waals surface area contributed by atoms with Crippen LogP contribution >= 0.6 is 0 Å². The number of isocyanates is 1. The first kappa shape index (κ1) is 12.0. The van der Waals surface area contributed by atoms with E-state index in [1.54, 1.807) is 6.08 Å². The lowest BCUT2D eigenvalue weighted by Gasteiger charge is -2.02. The number of rotatable bonds is 2. The second-order valence-corrected chi connectivity index (χ2v) is 3.79. The monoisotopic (exact) mass is 236 g/mol. The number of aryl methyl sites for hydroxylation is 1. The third-order valence-electron chi connectivity index (χ3n) is 2.53. The van der Waals surface area contributed by atoms with Gasteiger partial charge in [-0.25, -0.2) is 9.79 Å². The number of hydrogen-bond acceptors (Lipinski definition) is 2. The molecule has 0 unspecified atom stereocenters. The van der Waals surface area contributed by atoms with E-state index in [0.29, 0.717) is 5.84 Å². The van der Waals surface area contributed by atoms with Crippen molar-refractivity contribution in [1.29, 1.82) is 0 Å². The van der Waals surface area contributed by atoms with Crippen LogP contribution in [0, 0.1) is 6.92 Å². The van der Waals surface area contributed by atoms with Crippen molar-refractivity contribution in [1.82, 2.24) is 0 Å². The van der Waals surface area contributed by atoms with Crippen molar-refractivity contribution in [2.24, 2.45) is 9.98 Å². The summed E-state index contributed by atoms with van der Waals surface area (Å²) in [6, 6.07) is 17.1. The molecular weight excluding hydrogens is 224 g/mol. The van der Waals surface area contributed by atoms with Gasteiger partial charge in [0, 0.05) is 5.56 Å². The lowest BCUT2D eigenvalue weighted by Crippen LogP contribution is -1.96. The van der Waals surface area contributed by atoms with E-state index < -0.39 is 0 Å².